The van der Waals surface area contributed by atoms with Gasteiger partial charge in [-0.05, 0) is 30.7 Å². The average Bonchev–Trinajstić information content (AvgIpc) is 2.39. The Balaban J connectivity index is 2.17. The van der Waals surface area contributed by atoms with Crippen LogP contribution < -0.4 is 10.5 Å². The van der Waals surface area contributed by atoms with Crippen LogP contribution in [-0.4, -0.2) is 0 Å². The van der Waals surface area contributed by atoms with Crippen LogP contribution in [0.1, 0.15) is 24.1 Å². The molecular formula is C15H15ClFNO. The van der Waals surface area contributed by atoms with Crippen molar-refractivity contribution in [2.24, 2.45) is 5.73 Å². The number of hydrogen-bond acceptors (Lipinski definition) is 2. The number of ether oxygens (including phenoxy) is 1. The maximum Gasteiger partial charge on any atom is 0.143 e. The first kappa shape index (κ1) is 13.8. The van der Waals surface area contributed by atoms with Gasteiger partial charge in [0.15, 0.2) is 0 Å². The summed E-state index contributed by atoms with van der Waals surface area (Å²) < 4.78 is 18.5. The second-order valence-corrected chi connectivity index (χ2v) is 4.77. The maximum absolute atomic E-state index is 12.8. The summed E-state index contributed by atoms with van der Waals surface area (Å²) in [5, 5.41) is 0.525. The fourth-order valence-electron chi connectivity index (χ4n) is 1.77. The molecule has 100 valence electrons. The van der Waals surface area contributed by atoms with E-state index in [-0.39, 0.29) is 11.9 Å². The third-order valence-electron chi connectivity index (χ3n) is 2.78. The van der Waals surface area contributed by atoms with Crippen LogP contribution in [0.5, 0.6) is 5.75 Å². The van der Waals surface area contributed by atoms with Crippen molar-refractivity contribution in [3.05, 3.63) is 64.4 Å². The molecule has 0 radical (unpaired) electrons. The van der Waals surface area contributed by atoms with Crippen molar-refractivity contribution in [2.75, 3.05) is 0 Å². The summed E-state index contributed by atoms with van der Waals surface area (Å²) in [4.78, 5) is 0. The minimum atomic E-state index is -0.266. The Bertz CT molecular complexity index is 555. The molecule has 0 aromatic heterocycles. The molecule has 2 aromatic carbocycles. The zero-order chi connectivity index (χ0) is 13.8. The minimum Gasteiger partial charge on any atom is -0.487 e. The van der Waals surface area contributed by atoms with Gasteiger partial charge in [0, 0.05) is 11.6 Å². The van der Waals surface area contributed by atoms with Crippen LogP contribution >= 0.6 is 11.6 Å². The Kier molecular flexibility index (Phi) is 4.40. The predicted molar refractivity (Wildman–Crippen MR) is 74.8 cm³/mol. The van der Waals surface area contributed by atoms with Crippen LogP contribution in [0.3, 0.4) is 0 Å². The molecule has 0 bridgehead atoms. The van der Waals surface area contributed by atoms with Crippen LogP contribution in [0.25, 0.3) is 0 Å². The topological polar surface area (TPSA) is 35.2 Å². The Morgan fingerprint density at radius 3 is 2.53 bits per heavy atom. The van der Waals surface area contributed by atoms with Crippen molar-refractivity contribution in [1.29, 1.82) is 0 Å². The number of nitrogens with two attached hydrogens (primary N) is 1. The average molecular weight is 280 g/mol. The third-order valence-corrected chi connectivity index (χ3v) is 3.08. The largest absolute Gasteiger partial charge is 0.487 e. The third kappa shape index (κ3) is 3.46. The van der Waals surface area contributed by atoms with E-state index in [1.54, 1.807) is 18.2 Å². The lowest BCUT2D eigenvalue weighted by atomic mass is 10.1. The van der Waals surface area contributed by atoms with Gasteiger partial charge in [-0.25, -0.2) is 4.39 Å². The summed E-state index contributed by atoms with van der Waals surface area (Å²) in [5.74, 6) is 0.321. The minimum absolute atomic E-state index is 0.165. The lowest BCUT2D eigenvalue weighted by Crippen LogP contribution is -2.08. The second kappa shape index (κ2) is 6.04. The van der Waals surface area contributed by atoms with E-state index in [2.05, 4.69) is 0 Å². The van der Waals surface area contributed by atoms with E-state index < -0.39 is 0 Å². The summed E-state index contributed by atoms with van der Waals surface area (Å²) in [6.45, 7) is 2.19. The van der Waals surface area contributed by atoms with Crippen LogP contribution in [0.15, 0.2) is 42.5 Å². The fourth-order valence-corrected chi connectivity index (χ4v) is 2.01. The molecule has 0 amide bonds. The van der Waals surface area contributed by atoms with E-state index in [0.717, 1.165) is 11.1 Å². The highest BCUT2D eigenvalue weighted by Gasteiger charge is 2.11. The number of rotatable bonds is 4. The Hall–Kier alpha value is -1.58. The summed E-state index contributed by atoms with van der Waals surface area (Å²) in [5.41, 5.74) is 7.61. The lowest BCUT2D eigenvalue weighted by molar-refractivity contribution is 0.301. The van der Waals surface area contributed by atoms with Gasteiger partial charge < -0.3 is 10.5 Å². The summed E-state index contributed by atoms with van der Waals surface area (Å²) in [6.07, 6.45) is 0. The monoisotopic (exact) mass is 279 g/mol. The molecule has 0 heterocycles. The molecule has 0 saturated heterocycles. The molecule has 1 atom stereocenters. The smallest absolute Gasteiger partial charge is 0.143 e. The molecule has 0 fully saturated rings. The standard InChI is InChI=1S/C15H15ClFNO/c1-10(18)13-3-2-4-14(16)15(13)19-9-11-5-7-12(17)8-6-11/h2-8,10H,9,18H2,1H3. The van der Waals surface area contributed by atoms with E-state index in [0.29, 0.717) is 17.4 Å². The molecule has 0 aliphatic heterocycles. The number of halogens is 2. The SMILES string of the molecule is CC(N)c1cccc(Cl)c1OCc1ccc(F)cc1. The molecule has 4 heteroatoms. The second-order valence-electron chi connectivity index (χ2n) is 4.36. The molecule has 19 heavy (non-hydrogen) atoms. The van der Waals surface area contributed by atoms with Crippen molar-refractivity contribution in [3.63, 3.8) is 0 Å². The quantitative estimate of drug-likeness (QED) is 0.915. The zero-order valence-corrected chi connectivity index (χ0v) is 11.3. The van der Waals surface area contributed by atoms with Crippen LogP contribution in [0.4, 0.5) is 4.39 Å². The number of para-hydroxylation sites is 1. The number of hydrogen-bond donors (Lipinski definition) is 1. The molecule has 2 nitrogen and oxygen atoms in total. The van der Waals surface area contributed by atoms with Crippen molar-refractivity contribution in [3.8, 4) is 5.75 Å². The van der Waals surface area contributed by atoms with E-state index in [1.165, 1.54) is 12.1 Å². The van der Waals surface area contributed by atoms with Gasteiger partial charge in [-0.2, -0.15) is 0 Å². The van der Waals surface area contributed by atoms with Crippen LogP contribution in [0.2, 0.25) is 5.02 Å². The highest BCUT2D eigenvalue weighted by molar-refractivity contribution is 6.32. The van der Waals surface area contributed by atoms with Gasteiger partial charge in [0.25, 0.3) is 0 Å². The summed E-state index contributed by atoms with van der Waals surface area (Å²) in [6, 6.07) is 11.5. The van der Waals surface area contributed by atoms with Crippen molar-refractivity contribution < 1.29 is 9.13 Å². The highest BCUT2D eigenvalue weighted by Crippen LogP contribution is 2.32. The maximum atomic E-state index is 12.8. The van der Waals surface area contributed by atoms with Crippen molar-refractivity contribution in [1.82, 2.24) is 0 Å². The summed E-state index contributed by atoms with van der Waals surface area (Å²) >= 11 is 6.12. The Morgan fingerprint density at radius 1 is 1.21 bits per heavy atom. The molecule has 0 saturated carbocycles. The highest BCUT2D eigenvalue weighted by atomic mass is 35.5. The number of benzene rings is 2. The van der Waals surface area contributed by atoms with Gasteiger partial charge in [-0.3, -0.25) is 0 Å². The molecule has 2 aromatic rings. The van der Waals surface area contributed by atoms with Crippen molar-refractivity contribution >= 4 is 11.6 Å². The predicted octanol–water partition coefficient (Wildman–Crippen LogP) is 4.08. The fraction of sp³-hybridized carbons (Fsp3) is 0.200. The summed E-state index contributed by atoms with van der Waals surface area (Å²) in [7, 11) is 0. The van der Waals surface area contributed by atoms with Gasteiger partial charge in [0.1, 0.15) is 18.2 Å². The molecule has 0 spiro atoms. The first-order valence-corrected chi connectivity index (χ1v) is 6.37. The first-order valence-electron chi connectivity index (χ1n) is 5.99. The normalized spacial score (nSPS) is 12.2. The van der Waals surface area contributed by atoms with E-state index in [9.17, 15) is 4.39 Å². The molecule has 0 aliphatic carbocycles. The molecule has 2 rings (SSSR count). The Labute approximate surface area is 117 Å². The van der Waals surface area contributed by atoms with Crippen molar-refractivity contribution in [2.45, 2.75) is 19.6 Å². The van der Waals surface area contributed by atoms with Gasteiger partial charge in [0.2, 0.25) is 0 Å². The van der Waals surface area contributed by atoms with Gasteiger partial charge in [-0.1, -0.05) is 35.9 Å². The molecule has 0 aliphatic rings. The molecule has 1 unspecified atom stereocenters. The zero-order valence-electron chi connectivity index (χ0n) is 10.6. The van der Waals surface area contributed by atoms with Gasteiger partial charge in [-0.15, -0.1) is 0 Å². The van der Waals surface area contributed by atoms with Crippen LogP contribution in [0, 0.1) is 5.82 Å². The molecule has 2 N–H and O–H groups in total. The van der Waals surface area contributed by atoms with Gasteiger partial charge >= 0.3 is 0 Å². The van der Waals surface area contributed by atoms with E-state index in [4.69, 9.17) is 22.1 Å². The lowest BCUT2D eigenvalue weighted by Gasteiger charge is -2.15. The van der Waals surface area contributed by atoms with E-state index in [1.807, 2.05) is 19.1 Å². The first-order chi connectivity index (χ1) is 9.08. The molecular weight excluding hydrogens is 265 g/mol. The van der Waals surface area contributed by atoms with Gasteiger partial charge in [0.05, 0.1) is 5.02 Å². The van der Waals surface area contributed by atoms with E-state index >= 15 is 0 Å². The van der Waals surface area contributed by atoms with Crippen LogP contribution in [-0.2, 0) is 6.61 Å². The Morgan fingerprint density at radius 2 is 1.89 bits per heavy atom.